The topological polar surface area (TPSA) is 92.2 Å². The quantitative estimate of drug-likeness (QED) is 0.499. The second-order valence-electron chi connectivity index (χ2n) is 6.26. The number of amides is 2. The molecule has 0 aliphatic carbocycles. The summed E-state index contributed by atoms with van der Waals surface area (Å²) < 4.78 is 5.06. The van der Waals surface area contributed by atoms with Crippen molar-refractivity contribution in [2.75, 3.05) is 25.1 Å². The van der Waals surface area contributed by atoms with Crippen LogP contribution in [0.4, 0.5) is 5.13 Å². The van der Waals surface area contributed by atoms with Gasteiger partial charge < -0.3 is 4.74 Å². The normalized spacial score (nSPS) is 14.1. The number of nitrogens with zero attached hydrogens (tertiary/aromatic N) is 4. The van der Waals surface area contributed by atoms with Crippen LogP contribution in [0.1, 0.15) is 61.3 Å². The fourth-order valence-electron chi connectivity index (χ4n) is 2.67. The van der Waals surface area contributed by atoms with Gasteiger partial charge in [-0.25, -0.2) is 14.8 Å². The number of hydrogen-bond donors (Lipinski definition) is 0. The summed E-state index contributed by atoms with van der Waals surface area (Å²) in [5.41, 5.74) is 0.874. The summed E-state index contributed by atoms with van der Waals surface area (Å²) in [6, 6.07) is 0. The van der Waals surface area contributed by atoms with Crippen LogP contribution in [0.3, 0.4) is 0 Å². The standard InChI is InChI=1S/C18H26N4O4S/c1-5-7-8-11-22(16(24)13-9-10-14(23)21(4)20-13)18-19-12(3)15(27-18)17(25)26-6-2/h5-11H2,1-4H3. The molecule has 0 bridgehead atoms. The van der Waals surface area contributed by atoms with Gasteiger partial charge in [-0.3, -0.25) is 14.5 Å². The van der Waals surface area contributed by atoms with Crippen molar-refractivity contribution in [2.24, 2.45) is 5.10 Å². The Labute approximate surface area is 163 Å². The van der Waals surface area contributed by atoms with Crippen LogP contribution in [0.15, 0.2) is 5.10 Å². The molecule has 0 spiro atoms. The van der Waals surface area contributed by atoms with Gasteiger partial charge in [0.1, 0.15) is 10.6 Å². The highest BCUT2D eigenvalue weighted by Crippen LogP contribution is 2.28. The van der Waals surface area contributed by atoms with Crippen molar-refractivity contribution in [1.29, 1.82) is 0 Å². The molecular formula is C18H26N4O4S. The number of carbonyl (C=O) groups excluding carboxylic acids is 3. The van der Waals surface area contributed by atoms with Crippen molar-refractivity contribution in [3.05, 3.63) is 10.6 Å². The Morgan fingerprint density at radius 2 is 2.00 bits per heavy atom. The van der Waals surface area contributed by atoms with Crippen LogP contribution >= 0.6 is 11.3 Å². The van der Waals surface area contributed by atoms with Gasteiger partial charge in [0.15, 0.2) is 5.13 Å². The van der Waals surface area contributed by atoms with Gasteiger partial charge >= 0.3 is 5.97 Å². The maximum atomic E-state index is 13.1. The summed E-state index contributed by atoms with van der Waals surface area (Å²) >= 11 is 1.15. The van der Waals surface area contributed by atoms with Crippen LogP contribution in [0, 0.1) is 6.92 Å². The molecule has 0 fully saturated rings. The maximum absolute atomic E-state index is 13.1. The molecular weight excluding hydrogens is 368 g/mol. The Kier molecular flexibility index (Phi) is 7.46. The molecule has 0 radical (unpaired) electrons. The first-order valence-corrected chi connectivity index (χ1v) is 10.0. The van der Waals surface area contributed by atoms with Gasteiger partial charge in [-0.2, -0.15) is 5.10 Å². The zero-order valence-corrected chi connectivity index (χ0v) is 17.1. The molecule has 1 aliphatic rings. The minimum Gasteiger partial charge on any atom is -0.462 e. The van der Waals surface area contributed by atoms with Gasteiger partial charge in [0.2, 0.25) is 5.91 Å². The van der Waals surface area contributed by atoms with Crippen LogP contribution in [0.25, 0.3) is 0 Å². The predicted octanol–water partition coefficient (Wildman–Crippen LogP) is 2.76. The number of ether oxygens (including phenoxy) is 1. The van der Waals surface area contributed by atoms with E-state index in [1.54, 1.807) is 25.8 Å². The first kappa shape index (κ1) is 21.0. The second kappa shape index (κ2) is 9.59. The molecule has 1 aromatic rings. The van der Waals surface area contributed by atoms with E-state index >= 15 is 0 Å². The lowest BCUT2D eigenvalue weighted by Gasteiger charge is -2.24. The van der Waals surface area contributed by atoms with Gasteiger partial charge in [0.05, 0.1) is 12.3 Å². The van der Waals surface area contributed by atoms with E-state index in [9.17, 15) is 14.4 Å². The minimum absolute atomic E-state index is 0.112. The van der Waals surface area contributed by atoms with E-state index in [0.717, 1.165) is 30.6 Å². The molecule has 1 aliphatic heterocycles. The molecule has 0 saturated heterocycles. The smallest absolute Gasteiger partial charge is 0.350 e. The Balaban J connectivity index is 2.30. The SMILES string of the molecule is CCCCCN(C(=O)C1=NN(C)C(=O)CC1)c1nc(C)c(C(=O)OCC)s1. The number of aryl methyl sites for hydroxylation is 1. The molecule has 2 heterocycles. The number of unbranched alkanes of at least 4 members (excludes halogenated alkanes) is 2. The molecule has 27 heavy (non-hydrogen) atoms. The molecule has 8 nitrogen and oxygen atoms in total. The Hall–Kier alpha value is -2.29. The van der Waals surface area contributed by atoms with E-state index < -0.39 is 5.97 Å². The van der Waals surface area contributed by atoms with Gasteiger partial charge in [0, 0.05) is 26.4 Å². The van der Waals surface area contributed by atoms with Crippen molar-refractivity contribution >= 4 is 40.0 Å². The lowest BCUT2D eigenvalue weighted by Crippen LogP contribution is -2.41. The van der Waals surface area contributed by atoms with Gasteiger partial charge in [-0.1, -0.05) is 31.1 Å². The van der Waals surface area contributed by atoms with Crippen LogP contribution < -0.4 is 4.90 Å². The molecule has 2 rings (SSSR count). The van der Waals surface area contributed by atoms with Crippen molar-refractivity contribution in [3.8, 4) is 0 Å². The van der Waals surface area contributed by atoms with Crippen LogP contribution in [0.5, 0.6) is 0 Å². The molecule has 148 valence electrons. The van der Waals surface area contributed by atoms with Gasteiger partial charge in [-0.05, 0) is 20.3 Å². The fourth-order valence-corrected chi connectivity index (χ4v) is 3.65. The Bertz CT molecular complexity index is 744. The molecule has 9 heteroatoms. The molecule has 0 atom stereocenters. The summed E-state index contributed by atoms with van der Waals surface area (Å²) in [7, 11) is 1.54. The number of hydrogen-bond acceptors (Lipinski definition) is 7. The molecule has 0 unspecified atom stereocenters. The number of carbonyl (C=O) groups is 3. The molecule has 0 aromatic carbocycles. The van der Waals surface area contributed by atoms with Crippen LogP contribution in [-0.4, -0.2) is 53.7 Å². The van der Waals surface area contributed by atoms with Crippen molar-refractivity contribution < 1.29 is 19.1 Å². The number of rotatable bonds is 8. The van der Waals surface area contributed by atoms with Crippen molar-refractivity contribution in [2.45, 2.75) is 52.9 Å². The largest absolute Gasteiger partial charge is 0.462 e. The van der Waals surface area contributed by atoms with E-state index in [2.05, 4.69) is 17.0 Å². The summed E-state index contributed by atoms with van der Waals surface area (Å²) in [5, 5.41) is 5.79. The predicted molar refractivity (Wildman–Crippen MR) is 104 cm³/mol. The molecule has 1 aromatic heterocycles. The Morgan fingerprint density at radius 1 is 1.26 bits per heavy atom. The van der Waals surface area contributed by atoms with Crippen LogP contribution in [-0.2, 0) is 14.3 Å². The third kappa shape index (κ3) is 5.12. The van der Waals surface area contributed by atoms with Crippen LogP contribution in [0.2, 0.25) is 0 Å². The third-order valence-corrected chi connectivity index (χ3v) is 5.32. The minimum atomic E-state index is -0.431. The highest BCUT2D eigenvalue weighted by molar-refractivity contribution is 7.17. The van der Waals surface area contributed by atoms with Crippen molar-refractivity contribution in [1.82, 2.24) is 9.99 Å². The molecule has 0 saturated carbocycles. The third-order valence-electron chi connectivity index (χ3n) is 4.16. The highest BCUT2D eigenvalue weighted by Gasteiger charge is 2.29. The number of hydrazone groups is 1. The monoisotopic (exact) mass is 394 g/mol. The molecule has 2 amide bonds. The maximum Gasteiger partial charge on any atom is 0.350 e. The van der Waals surface area contributed by atoms with Gasteiger partial charge in [-0.15, -0.1) is 0 Å². The van der Waals surface area contributed by atoms with Gasteiger partial charge in [0.25, 0.3) is 5.91 Å². The second-order valence-corrected chi connectivity index (χ2v) is 7.24. The average Bonchev–Trinajstić information content (AvgIpc) is 3.02. The number of aromatic nitrogens is 1. The summed E-state index contributed by atoms with van der Waals surface area (Å²) in [6.07, 6.45) is 3.38. The van der Waals surface area contributed by atoms with Crippen molar-refractivity contribution in [3.63, 3.8) is 0 Å². The zero-order valence-electron chi connectivity index (χ0n) is 16.3. The van der Waals surface area contributed by atoms with E-state index in [-0.39, 0.29) is 24.8 Å². The van der Waals surface area contributed by atoms with E-state index in [0.29, 0.717) is 34.4 Å². The first-order chi connectivity index (χ1) is 12.9. The number of thiazole rings is 1. The zero-order chi connectivity index (χ0) is 20.0. The Morgan fingerprint density at radius 3 is 2.63 bits per heavy atom. The lowest BCUT2D eigenvalue weighted by atomic mass is 10.1. The lowest BCUT2D eigenvalue weighted by molar-refractivity contribution is -0.130. The number of esters is 1. The highest BCUT2D eigenvalue weighted by atomic mass is 32.1. The van der Waals surface area contributed by atoms with E-state index in [4.69, 9.17) is 4.74 Å². The summed E-state index contributed by atoms with van der Waals surface area (Å²) in [6.45, 7) is 6.32. The summed E-state index contributed by atoms with van der Waals surface area (Å²) in [4.78, 5) is 43.2. The van der Waals surface area contributed by atoms with E-state index in [1.807, 2.05) is 0 Å². The van der Waals surface area contributed by atoms with E-state index in [1.165, 1.54) is 5.01 Å². The fraction of sp³-hybridized carbons (Fsp3) is 0.611. The molecule has 0 N–H and O–H groups in total. The summed E-state index contributed by atoms with van der Waals surface area (Å²) in [5.74, 6) is -0.812. The number of anilines is 1. The first-order valence-electron chi connectivity index (χ1n) is 9.19. The average molecular weight is 394 g/mol.